The van der Waals surface area contributed by atoms with Gasteiger partial charge in [0.1, 0.15) is 4.34 Å². The first-order chi connectivity index (χ1) is 8.15. The van der Waals surface area contributed by atoms with Gasteiger partial charge in [0.15, 0.2) is 5.78 Å². The maximum atomic E-state index is 11.8. The van der Waals surface area contributed by atoms with Crippen LogP contribution in [0.1, 0.15) is 15.2 Å². The first kappa shape index (κ1) is 12.6. The molecular weight excluding hydrogens is 274 g/mol. The van der Waals surface area contributed by atoms with Crippen LogP contribution in [0.3, 0.4) is 0 Å². The fourth-order valence-electron chi connectivity index (χ4n) is 1.25. The second kappa shape index (κ2) is 5.67. The molecule has 1 aromatic heterocycles. The van der Waals surface area contributed by atoms with E-state index in [1.807, 2.05) is 13.1 Å². The highest BCUT2D eigenvalue weighted by molar-refractivity contribution is 8.01. The fraction of sp³-hybridized carbons (Fsp3) is 0.167. The predicted octanol–water partition coefficient (Wildman–Crippen LogP) is 4.08. The van der Waals surface area contributed by atoms with Gasteiger partial charge in [0.2, 0.25) is 0 Å². The van der Waals surface area contributed by atoms with E-state index >= 15 is 0 Å². The van der Waals surface area contributed by atoms with Crippen molar-refractivity contribution in [3.05, 3.63) is 45.9 Å². The van der Waals surface area contributed by atoms with Crippen molar-refractivity contribution in [3.63, 3.8) is 0 Å². The lowest BCUT2D eigenvalue weighted by Crippen LogP contribution is -2.01. The number of carbonyl (C=O) groups is 1. The topological polar surface area (TPSA) is 30.0 Å². The number of thioether (sulfide) groups is 1. The molecule has 0 aliphatic heterocycles. The summed E-state index contributed by atoms with van der Waals surface area (Å²) >= 11 is 8.85. The van der Waals surface area contributed by atoms with E-state index in [1.165, 1.54) is 11.8 Å². The Bertz CT molecular complexity index is 522. The summed E-state index contributed by atoms with van der Waals surface area (Å²) in [5, 5.41) is 0.643. The molecule has 2 aromatic rings. The zero-order chi connectivity index (χ0) is 12.3. The maximum absolute atomic E-state index is 11.8. The third-order valence-electron chi connectivity index (χ3n) is 2.09. The average molecular weight is 284 g/mol. The highest BCUT2D eigenvalue weighted by atomic mass is 35.5. The van der Waals surface area contributed by atoms with Crippen molar-refractivity contribution in [3.8, 4) is 0 Å². The van der Waals surface area contributed by atoms with E-state index in [4.69, 9.17) is 11.6 Å². The third kappa shape index (κ3) is 3.56. The Morgan fingerprint density at radius 2 is 2.12 bits per heavy atom. The Balaban J connectivity index is 1.95. The minimum absolute atomic E-state index is 0.0968. The molecule has 88 valence electrons. The van der Waals surface area contributed by atoms with Crippen LogP contribution >= 0.6 is 34.7 Å². The number of nitrogens with zero attached hydrogens (tertiary/aromatic N) is 1. The lowest BCUT2D eigenvalue weighted by molar-refractivity contribution is 0.102. The molecule has 1 heterocycles. The Labute approximate surface area is 113 Å². The first-order valence-corrected chi connectivity index (χ1v) is 7.17. The van der Waals surface area contributed by atoms with Gasteiger partial charge in [-0.05, 0) is 31.2 Å². The number of ketones is 1. The van der Waals surface area contributed by atoms with Gasteiger partial charge in [-0.3, -0.25) is 4.79 Å². The van der Waals surface area contributed by atoms with Crippen LogP contribution in [0.15, 0.2) is 34.8 Å². The third-order valence-corrected chi connectivity index (χ3v) is 4.41. The molecule has 0 atom stereocenters. The zero-order valence-corrected chi connectivity index (χ0v) is 11.5. The molecule has 0 saturated carbocycles. The van der Waals surface area contributed by atoms with Crippen molar-refractivity contribution in [2.45, 2.75) is 11.3 Å². The second-order valence-electron chi connectivity index (χ2n) is 3.46. The number of halogens is 1. The van der Waals surface area contributed by atoms with E-state index in [0.29, 0.717) is 16.3 Å². The molecule has 0 radical (unpaired) electrons. The maximum Gasteiger partial charge on any atom is 0.173 e. The Morgan fingerprint density at radius 3 is 2.71 bits per heavy atom. The van der Waals surface area contributed by atoms with Crippen molar-refractivity contribution >= 4 is 40.5 Å². The molecule has 0 aliphatic carbocycles. The normalized spacial score (nSPS) is 10.5. The second-order valence-corrected chi connectivity index (χ2v) is 6.35. The Hall–Kier alpha value is -0.840. The molecule has 0 unspecified atom stereocenters. The van der Waals surface area contributed by atoms with Crippen molar-refractivity contribution in [2.75, 3.05) is 5.75 Å². The van der Waals surface area contributed by atoms with Crippen LogP contribution < -0.4 is 0 Å². The van der Waals surface area contributed by atoms with Gasteiger partial charge in [0.25, 0.3) is 0 Å². The molecule has 17 heavy (non-hydrogen) atoms. The summed E-state index contributed by atoms with van der Waals surface area (Å²) in [6.07, 6.45) is 1.82. The molecule has 2 nitrogen and oxygen atoms in total. The molecule has 0 spiro atoms. The van der Waals surface area contributed by atoms with Gasteiger partial charge in [0, 0.05) is 21.7 Å². The summed E-state index contributed by atoms with van der Waals surface area (Å²) in [6.45, 7) is 2.00. The molecule has 0 amide bonds. The molecule has 0 saturated heterocycles. The van der Waals surface area contributed by atoms with Gasteiger partial charge in [-0.1, -0.05) is 23.4 Å². The van der Waals surface area contributed by atoms with E-state index in [1.54, 1.807) is 35.6 Å². The lowest BCUT2D eigenvalue weighted by Gasteiger charge is -1.99. The molecule has 2 rings (SSSR count). The van der Waals surface area contributed by atoms with Crippen LogP contribution in [0.5, 0.6) is 0 Å². The highest BCUT2D eigenvalue weighted by Crippen LogP contribution is 2.24. The fourth-order valence-corrected chi connectivity index (χ4v) is 3.21. The summed E-state index contributed by atoms with van der Waals surface area (Å²) in [5.41, 5.74) is 0.690. The van der Waals surface area contributed by atoms with Crippen molar-refractivity contribution < 1.29 is 4.79 Å². The number of carbonyl (C=O) groups excluding carboxylic acids is 1. The number of rotatable bonds is 4. The van der Waals surface area contributed by atoms with Gasteiger partial charge in [-0.15, -0.1) is 11.3 Å². The van der Waals surface area contributed by atoms with Crippen LogP contribution in [0.25, 0.3) is 0 Å². The van der Waals surface area contributed by atoms with Crippen LogP contribution in [-0.4, -0.2) is 16.5 Å². The Morgan fingerprint density at radius 1 is 1.41 bits per heavy atom. The van der Waals surface area contributed by atoms with Crippen molar-refractivity contribution in [2.24, 2.45) is 0 Å². The molecular formula is C12H10ClNOS2. The summed E-state index contributed by atoms with van der Waals surface area (Å²) in [4.78, 5) is 17.2. The number of aromatic nitrogens is 1. The molecule has 0 bridgehead atoms. The Kier molecular flexibility index (Phi) is 4.20. The van der Waals surface area contributed by atoms with E-state index in [9.17, 15) is 4.79 Å². The SMILES string of the molecule is Cc1cnc(SCC(=O)c2ccc(Cl)cc2)s1. The van der Waals surface area contributed by atoms with E-state index in [-0.39, 0.29) is 5.78 Å². The molecule has 1 aromatic carbocycles. The van der Waals surface area contributed by atoms with Gasteiger partial charge in [-0.25, -0.2) is 4.98 Å². The summed E-state index contributed by atoms with van der Waals surface area (Å²) in [5.74, 6) is 0.508. The number of hydrogen-bond donors (Lipinski definition) is 0. The monoisotopic (exact) mass is 283 g/mol. The van der Waals surface area contributed by atoms with E-state index < -0.39 is 0 Å². The smallest absolute Gasteiger partial charge is 0.173 e. The predicted molar refractivity (Wildman–Crippen MR) is 73.4 cm³/mol. The van der Waals surface area contributed by atoms with Crippen LogP contribution in [-0.2, 0) is 0 Å². The molecule has 0 fully saturated rings. The number of hydrogen-bond acceptors (Lipinski definition) is 4. The number of aryl methyl sites for hydroxylation is 1. The van der Waals surface area contributed by atoms with Crippen LogP contribution in [0.2, 0.25) is 5.02 Å². The average Bonchev–Trinajstić information content (AvgIpc) is 2.73. The van der Waals surface area contributed by atoms with Crippen LogP contribution in [0.4, 0.5) is 0 Å². The summed E-state index contributed by atoms with van der Waals surface area (Å²) in [7, 11) is 0. The summed E-state index contributed by atoms with van der Waals surface area (Å²) < 4.78 is 0.935. The lowest BCUT2D eigenvalue weighted by atomic mass is 10.1. The quantitative estimate of drug-likeness (QED) is 0.625. The van der Waals surface area contributed by atoms with Crippen molar-refractivity contribution in [1.29, 1.82) is 0 Å². The largest absolute Gasteiger partial charge is 0.293 e. The van der Waals surface area contributed by atoms with Gasteiger partial charge in [-0.2, -0.15) is 0 Å². The minimum Gasteiger partial charge on any atom is -0.293 e. The van der Waals surface area contributed by atoms with Gasteiger partial charge >= 0.3 is 0 Å². The first-order valence-electron chi connectivity index (χ1n) is 4.99. The zero-order valence-electron chi connectivity index (χ0n) is 9.14. The highest BCUT2D eigenvalue weighted by Gasteiger charge is 2.08. The standard InChI is InChI=1S/C12H10ClNOS2/c1-8-6-14-12(17-8)16-7-11(15)9-2-4-10(13)5-3-9/h2-6H,7H2,1H3. The van der Waals surface area contributed by atoms with Crippen LogP contribution in [0, 0.1) is 6.92 Å². The van der Waals surface area contributed by atoms with E-state index in [0.717, 1.165) is 9.22 Å². The van der Waals surface area contributed by atoms with Gasteiger partial charge in [0.05, 0.1) is 5.75 Å². The molecule has 0 aliphatic rings. The number of Topliss-reactive ketones (excluding diaryl/α,β-unsaturated/α-hetero) is 1. The van der Waals surface area contributed by atoms with Gasteiger partial charge < -0.3 is 0 Å². The number of benzene rings is 1. The number of thiazole rings is 1. The molecule has 5 heteroatoms. The molecule has 0 N–H and O–H groups in total. The van der Waals surface area contributed by atoms with E-state index in [2.05, 4.69) is 4.98 Å². The minimum atomic E-state index is 0.0968. The van der Waals surface area contributed by atoms with Crippen molar-refractivity contribution in [1.82, 2.24) is 4.98 Å². The summed E-state index contributed by atoms with van der Waals surface area (Å²) in [6, 6.07) is 6.96.